The molecule has 38 heavy (non-hydrogen) atoms. The number of aliphatic imine (C=N–C) groups is 1. The number of guanidine groups is 1. The molecule has 7 N–H and O–H groups in total. The van der Waals surface area contributed by atoms with Crippen LogP contribution >= 0.6 is 0 Å². The van der Waals surface area contributed by atoms with Gasteiger partial charge in [-0.3, -0.25) is 14.6 Å². The van der Waals surface area contributed by atoms with Crippen molar-refractivity contribution >= 4 is 29.4 Å². The van der Waals surface area contributed by atoms with Crippen LogP contribution in [-0.2, 0) is 27.5 Å². The first-order valence-corrected chi connectivity index (χ1v) is 12.7. The highest BCUT2D eigenvalue weighted by Gasteiger charge is 2.28. The second-order valence-electron chi connectivity index (χ2n) is 9.55. The summed E-state index contributed by atoms with van der Waals surface area (Å²) in [6.07, 6.45) is 0.512. The van der Waals surface area contributed by atoms with Gasteiger partial charge in [0.2, 0.25) is 5.91 Å². The van der Waals surface area contributed by atoms with E-state index in [2.05, 4.69) is 15.6 Å². The van der Waals surface area contributed by atoms with Gasteiger partial charge in [0.05, 0.1) is 12.6 Å². The zero-order valence-electron chi connectivity index (χ0n) is 22.1. The Labute approximate surface area is 223 Å². The third-order valence-electron chi connectivity index (χ3n) is 5.83. The smallest absolute Gasteiger partial charge is 0.408 e. The van der Waals surface area contributed by atoms with Crippen LogP contribution in [-0.4, -0.2) is 41.4 Å². The minimum Gasteiger partial charge on any atom is -0.445 e. The van der Waals surface area contributed by atoms with E-state index in [0.717, 1.165) is 5.56 Å². The van der Waals surface area contributed by atoms with Gasteiger partial charge in [-0.1, -0.05) is 56.3 Å². The third kappa shape index (κ3) is 11.4. The lowest BCUT2D eigenvalue weighted by atomic mass is 9.90. The topological polar surface area (TPSA) is 169 Å². The van der Waals surface area contributed by atoms with Gasteiger partial charge < -0.3 is 31.9 Å². The van der Waals surface area contributed by atoms with Gasteiger partial charge in [0.1, 0.15) is 6.61 Å². The number of aliphatic hydroxyl groups is 1. The van der Waals surface area contributed by atoms with Crippen molar-refractivity contribution in [3.8, 4) is 0 Å². The van der Waals surface area contributed by atoms with Crippen LogP contribution in [0.4, 0.5) is 10.5 Å². The molecule has 0 bridgehead atoms. The number of nitrogens with two attached hydrogens (primary N) is 2. The molecule has 2 rings (SSSR count). The molecular weight excluding hydrogens is 486 g/mol. The van der Waals surface area contributed by atoms with Gasteiger partial charge >= 0.3 is 6.09 Å². The van der Waals surface area contributed by atoms with Crippen LogP contribution in [0.25, 0.3) is 0 Å². The van der Waals surface area contributed by atoms with Gasteiger partial charge in [-0.25, -0.2) is 4.79 Å². The van der Waals surface area contributed by atoms with E-state index in [9.17, 15) is 19.5 Å². The van der Waals surface area contributed by atoms with Gasteiger partial charge in [0, 0.05) is 24.6 Å². The molecule has 0 heterocycles. The van der Waals surface area contributed by atoms with Gasteiger partial charge in [0.25, 0.3) is 0 Å². The highest BCUT2D eigenvalue weighted by atomic mass is 16.5. The second kappa shape index (κ2) is 16.0. The van der Waals surface area contributed by atoms with Crippen LogP contribution in [0, 0.1) is 11.8 Å². The van der Waals surface area contributed by atoms with E-state index in [4.69, 9.17) is 16.2 Å². The van der Waals surface area contributed by atoms with Gasteiger partial charge in [0.15, 0.2) is 11.7 Å². The molecule has 0 aliphatic carbocycles. The fourth-order valence-corrected chi connectivity index (χ4v) is 3.84. The van der Waals surface area contributed by atoms with E-state index in [1.807, 2.05) is 44.2 Å². The van der Waals surface area contributed by atoms with Crippen molar-refractivity contribution in [2.24, 2.45) is 28.3 Å². The molecule has 0 saturated carbocycles. The molecule has 0 radical (unpaired) electrons. The molecule has 2 atom stereocenters. The number of amides is 2. The lowest BCUT2D eigenvalue weighted by Gasteiger charge is -2.22. The number of nitrogens with one attached hydrogen (secondary N) is 2. The zero-order chi connectivity index (χ0) is 27.9. The highest BCUT2D eigenvalue weighted by Crippen LogP contribution is 2.19. The maximum atomic E-state index is 13.3. The second-order valence-corrected chi connectivity index (χ2v) is 9.55. The van der Waals surface area contributed by atoms with E-state index >= 15 is 0 Å². The summed E-state index contributed by atoms with van der Waals surface area (Å²) in [4.78, 5) is 42.9. The van der Waals surface area contributed by atoms with Gasteiger partial charge in [-0.15, -0.1) is 0 Å². The number of nitrogens with zero attached hydrogens (tertiary/aromatic N) is 1. The number of anilines is 1. The van der Waals surface area contributed by atoms with Crippen molar-refractivity contribution in [3.05, 3.63) is 65.7 Å². The molecule has 2 aromatic carbocycles. The minimum absolute atomic E-state index is 0.0405. The highest BCUT2D eigenvalue weighted by molar-refractivity contribution is 5.97. The first-order valence-electron chi connectivity index (χ1n) is 12.7. The van der Waals surface area contributed by atoms with Crippen molar-refractivity contribution in [2.45, 2.75) is 58.8 Å². The lowest BCUT2D eigenvalue weighted by molar-refractivity contribution is -0.127. The molecule has 2 amide bonds. The van der Waals surface area contributed by atoms with Gasteiger partial charge in [-0.05, 0) is 48.4 Å². The first-order chi connectivity index (χ1) is 18.2. The number of carbonyl (C=O) groups is 3. The molecule has 2 aromatic rings. The van der Waals surface area contributed by atoms with Crippen LogP contribution in [0.1, 0.15) is 50.7 Å². The summed E-state index contributed by atoms with van der Waals surface area (Å²) < 4.78 is 5.30. The first kappa shape index (κ1) is 30.3. The average Bonchev–Trinajstić information content (AvgIpc) is 2.89. The molecule has 10 nitrogen and oxygen atoms in total. The Morgan fingerprint density at radius 1 is 1.00 bits per heavy atom. The molecule has 0 fully saturated rings. The number of Topliss-reactive ketones (excluding diaryl/α,β-unsaturated/α-hetero) is 1. The summed E-state index contributed by atoms with van der Waals surface area (Å²) in [5.41, 5.74) is 12.9. The Bertz CT molecular complexity index is 1050. The predicted octanol–water partition coefficient (Wildman–Crippen LogP) is 3.09. The maximum Gasteiger partial charge on any atom is 0.408 e. The molecule has 0 aliphatic heterocycles. The Balaban J connectivity index is 2.07. The summed E-state index contributed by atoms with van der Waals surface area (Å²) >= 11 is 0. The average molecular weight is 526 g/mol. The maximum absolute atomic E-state index is 13.3. The zero-order valence-corrected chi connectivity index (χ0v) is 22.1. The van der Waals surface area contributed by atoms with Crippen LogP contribution < -0.4 is 22.1 Å². The Kier molecular flexibility index (Phi) is 12.8. The van der Waals surface area contributed by atoms with Crippen LogP contribution in [0.3, 0.4) is 0 Å². The van der Waals surface area contributed by atoms with E-state index in [1.54, 1.807) is 24.3 Å². The molecule has 0 aromatic heterocycles. The Hall–Kier alpha value is -3.92. The quantitative estimate of drug-likeness (QED) is 0.135. The summed E-state index contributed by atoms with van der Waals surface area (Å²) in [6, 6.07) is 15.2. The van der Waals surface area contributed by atoms with Crippen LogP contribution in [0.2, 0.25) is 0 Å². The molecular formula is C28H39N5O5. The Morgan fingerprint density at radius 2 is 1.68 bits per heavy atom. The van der Waals surface area contributed by atoms with Crippen molar-refractivity contribution in [3.63, 3.8) is 0 Å². The minimum atomic E-state index is -0.796. The number of aliphatic hydroxyl groups excluding tert-OH is 1. The molecule has 0 spiro atoms. The fourth-order valence-electron chi connectivity index (χ4n) is 3.84. The van der Waals surface area contributed by atoms with Crippen LogP contribution in [0.5, 0.6) is 0 Å². The monoisotopic (exact) mass is 525 g/mol. The SMILES string of the molecule is CC(C)C[C@H](NC(=O)OCc1ccccc1)C(=O)C[C@@H](CCCN=C(N)N)C(=O)Nc1ccc(CO)cc1. The van der Waals surface area contributed by atoms with E-state index < -0.39 is 18.1 Å². The van der Waals surface area contributed by atoms with Crippen LogP contribution in [0.15, 0.2) is 59.6 Å². The van der Waals surface area contributed by atoms with Crippen molar-refractivity contribution in [1.29, 1.82) is 0 Å². The lowest BCUT2D eigenvalue weighted by Crippen LogP contribution is -2.43. The number of hydrogen-bond donors (Lipinski definition) is 5. The summed E-state index contributed by atoms with van der Waals surface area (Å²) in [5.74, 6) is -1.16. The number of rotatable bonds is 15. The van der Waals surface area contributed by atoms with Gasteiger partial charge in [-0.2, -0.15) is 0 Å². The number of benzene rings is 2. The standard InChI is InChI=1S/C28H39N5O5/c1-19(2)15-24(33-28(37)38-18-21-7-4-3-5-8-21)25(35)16-22(9-6-14-31-27(29)30)26(36)32-23-12-10-20(17-34)11-13-23/h3-5,7-8,10-13,19,22,24,34H,6,9,14-18H2,1-2H3,(H,32,36)(H,33,37)(H4,29,30,31)/t22-,24+/m1/s1. The number of ketones is 1. The van der Waals surface area contributed by atoms with E-state index in [1.165, 1.54) is 0 Å². The normalized spacial score (nSPS) is 12.3. The molecule has 0 unspecified atom stereocenters. The predicted molar refractivity (Wildman–Crippen MR) is 147 cm³/mol. The number of carbonyl (C=O) groups excluding carboxylic acids is 3. The summed E-state index contributed by atoms with van der Waals surface area (Å²) in [7, 11) is 0. The number of alkyl carbamates (subject to hydrolysis) is 1. The molecule has 206 valence electrons. The third-order valence-corrected chi connectivity index (χ3v) is 5.83. The number of hydrogen-bond acceptors (Lipinski definition) is 6. The largest absolute Gasteiger partial charge is 0.445 e. The molecule has 0 saturated heterocycles. The summed E-state index contributed by atoms with van der Waals surface area (Å²) in [6.45, 7) is 4.21. The molecule has 0 aliphatic rings. The Morgan fingerprint density at radius 3 is 2.29 bits per heavy atom. The van der Waals surface area contributed by atoms with Crippen molar-refractivity contribution in [2.75, 3.05) is 11.9 Å². The molecule has 10 heteroatoms. The van der Waals surface area contributed by atoms with E-state index in [-0.39, 0.29) is 43.2 Å². The van der Waals surface area contributed by atoms with Crippen molar-refractivity contribution < 1.29 is 24.2 Å². The van der Waals surface area contributed by atoms with Crippen molar-refractivity contribution in [1.82, 2.24) is 5.32 Å². The van der Waals surface area contributed by atoms with E-state index in [0.29, 0.717) is 37.1 Å². The fraction of sp³-hybridized carbons (Fsp3) is 0.429. The number of ether oxygens (including phenoxy) is 1. The summed E-state index contributed by atoms with van der Waals surface area (Å²) in [5, 5.41) is 14.8.